The van der Waals surface area contributed by atoms with Crippen molar-refractivity contribution in [3.8, 4) is 0 Å². The van der Waals surface area contributed by atoms with Crippen LogP contribution in [0.5, 0.6) is 0 Å². The van der Waals surface area contributed by atoms with Crippen molar-refractivity contribution in [3.63, 3.8) is 0 Å². The Balaban J connectivity index is 1.44. The highest BCUT2D eigenvalue weighted by atomic mass is 32.2. The zero-order valence-electron chi connectivity index (χ0n) is 23.8. The molecule has 4 nitrogen and oxygen atoms in total. The van der Waals surface area contributed by atoms with Gasteiger partial charge in [-0.05, 0) is 67.4 Å². The fraction of sp³-hybridized carbons (Fsp3) is 0.441. The number of fused-ring (bicyclic) bond motifs is 4. The number of likely N-dealkylation sites (N-methyl/N-ethyl adjacent to an activating group) is 1. The number of allylic oxidation sites excluding steroid dienone is 5. The van der Waals surface area contributed by atoms with Crippen LogP contribution in [0.4, 0.5) is 11.4 Å². The zero-order chi connectivity index (χ0) is 27.7. The van der Waals surface area contributed by atoms with E-state index in [1.54, 1.807) is 0 Å². The van der Waals surface area contributed by atoms with E-state index < -0.39 is 5.97 Å². The maximum Gasteiger partial charge on any atom is 0.303 e. The summed E-state index contributed by atoms with van der Waals surface area (Å²) in [5.41, 5.74) is 6.65. The highest BCUT2D eigenvalue weighted by Crippen LogP contribution is 2.61. The van der Waals surface area contributed by atoms with Crippen LogP contribution in [0.2, 0.25) is 0 Å². The molecule has 1 fully saturated rings. The van der Waals surface area contributed by atoms with Gasteiger partial charge in [-0.1, -0.05) is 81.8 Å². The number of nitrogens with zero attached hydrogens (tertiary/aromatic N) is 2. The monoisotopic (exact) mass is 542 g/mol. The van der Waals surface area contributed by atoms with Crippen molar-refractivity contribution in [2.24, 2.45) is 0 Å². The van der Waals surface area contributed by atoms with Crippen molar-refractivity contribution in [2.75, 3.05) is 28.6 Å². The molecule has 0 bridgehead atoms. The van der Waals surface area contributed by atoms with E-state index in [-0.39, 0.29) is 22.1 Å². The van der Waals surface area contributed by atoms with Crippen molar-refractivity contribution in [2.45, 2.75) is 75.5 Å². The van der Waals surface area contributed by atoms with Crippen LogP contribution in [0.3, 0.4) is 0 Å². The highest BCUT2D eigenvalue weighted by Gasteiger charge is 2.58. The third-order valence-electron chi connectivity index (χ3n) is 9.06. The zero-order valence-corrected chi connectivity index (χ0v) is 24.6. The summed E-state index contributed by atoms with van der Waals surface area (Å²) in [6.07, 6.45) is 15.4. The summed E-state index contributed by atoms with van der Waals surface area (Å²) in [7, 11) is 0. The van der Waals surface area contributed by atoms with E-state index in [9.17, 15) is 9.90 Å². The molecule has 3 aliphatic heterocycles. The van der Waals surface area contributed by atoms with Crippen molar-refractivity contribution in [3.05, 3.63) is 95.7 Å². The fourth-order valence-electron chi connectivity index (χ4n) is 7.09. The van der Waals surface area contributed by atoms with E-state index >= 15 is 0 Å². The van der Waals surface area contributed by atoms with Gasteiger partial charge in [-0.2, -0.15) is 0 Å². The second kappa shape index (κ2) is 10.9. The first kappa shape index (κ1) is 27.6. The molecular formula is C34H42N2O2S. The molecule has 5 rings (SSSR count). The topological polar surface area (TPSA) is 43.8 Å². The number of para-hydroxylation sites is 2. The molecule has 206 valence electrons. The smallest absolute Gasteiger partial charge is 0.303 e. The number of unbranched alkanes of at least 4 members (excludes halogenated alkanes) is 1. The Labute approximate surface area is 238 Å². The number of carboxylic acids is 1. The normalized spacial score (nSPS) is 26.4. The van der Waals surface area contributed by atoms with E-state index in [1.807, 2.05) is 0 Å². The summed E-state index contributed by atoms with van der Waals surface area (Å²) < 4.78 is 0. The van der Waals surface area contributed by atoms with Crippen LogP contribution in [-0.2, 0) is 15.6 Å². The maximum absolute atomic E-state index is 11.2. The number of thioether (sulfide) groups is 1. The summed E-state index contributed by atoms with van der Waals surface area (Å²) in [5, 5.41) is 9.19. The minimum Gasteiger partial charge on any atom is -0.481 e. The molecule has 0 spiro atoms. The predicted octanol–water partition coefficient (Wildman–Crippen LogP) is 8.06. The lowest BCUT2D eigenvalue weighted by atomic mass is 9.73. The molecule has 2 atom stereocenters. The first-order chi connectivity index (χ1) is 18.8. The molecule has 3 heterocycles. The summed E-state index contributed by atoms with van der Waals surface area (Å²) >= 11 is 2.05. The second-order valence-electron chi connectivity index (χ2n) is 11.7. The molecular weight excluding hydrogens is 500 g/mol. The largest absolute Gasteiger partial charge is 0.481 e. The third-order valence-corrected chi connectivity index (χ3v) is 10.8. The molecule has 0 aliphatic carbocycles. The van der Waals surface area contributed by atoms with Gasteiger partial charge in [0.25, 0.3) is 0 Å². The molecule has 2 aromatic carbocycles. The van der Waals surface area contributed by atoms with E-state index in [4.69, 9.17) is 0 Å². The van der Waals surface area contributed by atoms with E-state index in [0.717, 1.165) is 38.1 Å². The van der Waals surface area contributed by atoms with Crippen molar-refractivity contribution < 1.29 is 9.90 Å². The van der Waals surface area contributed by atoms with Crippen LogP contribution in [-0.4, -0.2) is 34.8 Å². The van der Waals surface area contributed by atoms with Crippen LogP contribution in [0, 0.1) is 0 Å². The Hall–Kier alpha value is -2.92. The lowest BCUT2D eigenvalue weighted by Gasteiger charge is -2.50. The summed E-state index contributed by atoms with van der Waals surface area (Å²) in [4.78, 5) is 16.0. The molecule has 0 aromatic heterocycles. The van der Waals surface area contributed by atoms with Crippen LogP contribution < -0.4 is 9.80 Å². The summed E-state index contributed by atoms with van der Waals surface area (Å²) in [5.74, 6) is 0.426. The van der Waals surface area contributed by atoms with E-state index in [2.05, 4.69) is 128 Å². The first-order valence-corrected chi connectivity index (χ1v) is 15.4. The van der Waals surface area contributed by atoms with Crippen LogP contribution in [0.15, 0.2) is 84.6 Å². The Kier molecular flexibility index (Phi) is 7.74. The summed E-state index contributed by atoms with van der Waals surface area (Å²) in [6.45, 7) is 11.3. The lowest BCUT2D eigenvalue weighted by Crippen LogP contribution is -2.55. The van der Waals surface area contributed by atoms with Crippen LogP contribution >= 0.6 is 11.8 Å². The number of carboxylic acid groups (broad SMARTS) is 1. The van der Waals surface area contributed by atoms with Gasteiger partial charge in [-0.15, -0.1) is 11.8 Å². The lowest BCUT2D eigenvalue weighted by molar-refractivity contribution is -0.137. The minimum absolute atomic E-state index is 0.0308. The maximum atomic E-state index is 11.2. The number of hydrogen-bond donors (Lipinski definition) is 1. The summed E-state index contributed by atoms with van der Waals surface area (Å²) in [6, 6.07) is 17.6. The van der Waals surface area contributed by atoms with Gasteiger partial charge in [0.2, 0.25) is 0 Å². The first-order valence-electron chi connectivity index (χ1n) is 14.4. The minimum atomic E-state index is -0.704. The van der Waals surface area contributed by atoms with Gasteiger partial charge in [0, 0.05) is 47.4 Å². The van der Waals surface area contributed by atoms with Crippen molar-refractivity contribution >= 4 is 29.1 Å². The number of carbonyl (C=O) groups is 1. The number of anilines is 2. The van der Waals surface area contributed by atoms with Crippen LogP contribution in [0.1, 0.15) is 70.9 Å². The fourth-order valence-corrected chi connectivity index (χ4v) is 8.72. The molecule has 2 unspecified atom stereocenters. The van der Waals surface area contributed by atoms with E-state index in [1.165, 1.54) is 34.6 Å². The molecule has 0 saturated carbocycles. The highest BCUT2D eigenvalue weighted by molar-refractivity contribution is 8.01. The number of aliphatic carboxylic acids is 1. The predicted molar refractivity (Wildman–Crippen MR) is 166 cm³/mol. The standard InChI is InChI=1S/C34H42N2O2S/c1-5-35-28-18-10-8-16-26(28)32(2,3)30(35)20-7-6-13-23-34-33(4,22-14-12-21-31(37)38)27-17-9-11-19-29(27)36(34)24-15-25-39-34/h6-11,13,16-20,23H,5,12,14-15,21-22,24-25H2,1-4H3,(H,37,38)/b7-6+,23-13+,30-20+. The van der Waals surface area contributed by atoms with Gasteiger partial charge >= 0.3 is 5.97 Å². The van der Waals surface area contributed by atoms with Crippen molar-refractivity contribution in [1.82, 2.24) is 0 Å². The van der Waals surface area contributed by atoms with E-state index in [0.29, 0.717) is 0 Å². The molecule has 1 N–H and O–H groups in total. The Bertz CT molecular complexity index is 1310. The molecule has 3 aliphatic rings. The molecule has 5 heteroatoms. The average Bonchev–Trinajstić information content (AvgIpc) is 3.29. The van der Waals surface area contributed by atoms with Gasteiger partial charge < -0.3 is 14.9 Å². The Morgan fingerprint density at radius 1 is 0.974 bits per heavy atom. The second-order valence-corrected chi connectivity index (χ2v) is 13.0. The van der Waals surface area contributed by atoms with Gasteiger partial charge in [0.15, 0.2) is 0 Å². The van der Waals surface area contributed by atoms with Crippen molar-refractivity contribution in [1.29, 1.82) is 0 Å². The van der Waals surface area contributed by atoms with Gasteiger partial charge in [0.1, 0.15) is 4.87 Å². The molecule has 2 aromatic rings. The number of benzene rings is 2. The molecule has 39 heavy (non-hydrogen) atoms. The van der Waals surface area contributed by atoms with Gasteiger partial charge in [-0.3, -0.25) is 4.79 Å². The SMILES string of the molecule is CCN1/C(=C/C=C/C=C/C23SCCCN2c2ccccc2C3(C)CCCCC(=O)O)C(C)(C)c2ccccc21. The van der Waals surface area contributed by atoms with Gasteiger partial charge in [0.05, 0.1) is 0 Å². The Morgan fingerprint density at radius 3 is 2.44 bits per heavy atom. The average molecular weight is 543 g/mol. The molecule has 0 radical (unpaired) electrons. The Morgan fingerprint density at radius 2 is 1.69 bits per heavy atom. The van der Waals surface area contributed by atoms with Crippen LogP contribution in [0.25, 0.3) is 0 Å². The quantitative estimate of drug-likeness (QED) is 0.256. The number of hydrogen-bond acceptors (Lipinski definition) is 4. The van der Waals surface area contributed by atoms with Gasteiger partial charge in [-0.25, -0.2) is 0 Å². The third kappa shape index (κ3) is 4.63. The number of rotatable bonds is 9. The molecule has 1 saturated heterocycles. The molecule has 0 amide bonds.